The smallest absolute Gasteiger partial charge is 0.338 e. The number of carbonyl (C=O) groups is 1. The molecule has 1 aromatic carbocycles. The van der Waals surface area contributed by atoms with Gasteiger partial charge in [0, 0.05) is 21.7 Å². The fourth-order valence-corrected chi connectivity index (χ4v) is 3.76. The van der Waals surface area contributed by atoms with Gasteiger partial charge in [0.15, 0.2) is 10.8 Å². The van der Waals surface area contributed by atoms with E-state index in [4.69, 9.17) is 12.6 Å². The van der Waals surface area contributed by atoms with E-state index in [1.54, 1.807) is 19.2 Å². The molecule has 1 aromatic heterocycles. The molecule has 0 bridgehead atoms. The number of hydrogen-bond acceptors (Lipinski definition) is 6. The van der Waals surface area contributed by atoms with Crippen molar-refractivity contribution in [3.05, 3.63) is 61.9 Å². The number of nitrogens with one attached hydrogen (secondary N) is 1. The Labute approximate surface area is 163 Å². The van der Waals surface area contributed by atoms with Gasteiger partial charge in [0.2, 0.25) is 0 Å². The molecule has 26 heavy (non-hydrogen) atoms. The number of thiazole rings is 1. The maximum atomic E-state index is 13.5. The summed E-state index contributed by atoms with van der Waals surface area (Å²) in [6.45, 7) is 1.95. The minimum atomic E-state index is -0.692. The van der Waals surface area contributed by atoms with Gasteiger partial charge in [0.25, 0.3) is 0 Å². The molecule has 1 aliphatic heterocycles. The fraction of sp³-hybridized carbons (Fsp3) is 0.235. The van der Waals surface area contributed by atoms with E-state index in [0.29, 0.717) is 32.1 Å². The van der Waals surface area contributed by atoms with Crippen LogP contribution in [-0.2, 0) is 9.53 Å². The monoisotopic (exact) mass is 433 g/mol. The van der Waals surface area contributed by atoms with Gasteiger partial charge < -0.3 is 10.1 Å². The number of esters is 1. The van der Waals surface area contributed by atoms with Crippen molar-refractivity contribution in [3.8, 4) is 0 Å². The average molecular weight is 434 g/mol. The van der Waals surface area contributed by atoms with Crippen LogP contribution in [-0.4, -0.2) is 31.2 Å². The van der Waals surface area contributed by atoms with Crippen LogP contribution in [0.15, 0.2) is 50.5 Å². The summed E-state index contributed by atoms with van der Waals surface area (Å²) in [5.74, 6) is -0.391. The van der Waals surface area contributed by atoms with E-state index in [0.717, 1.165) is 0 Å². The SMILES string of the molecule is [B]CC1=C(C(=O)OCC)[C@H](c2ccc(F)cc2Br)N=C(c2nccs2)N1. The predicted octanol–water partition coefficient (Wildman–Crippen LogP) is 3.54. The number of nitrogens with zero attached hydrogens (tertiary/aromatic N) is 2. The zero-order chi connectivity index (χ0) is 18.7. The number of benzene rings is 1. The highest BCUT2D eigenvalue weighted by Gasteiger charge is 2.33. The number of carbonyl (C=O) groups excluding carboxylic acids is 1. The Morgan fingerprint density at radius 1 is 1.50 bits per heavy atom. The molecule has 0 amide bonds. The van der Waals surface area contributed by atoms with Crippen molar-refractivity contribution in [1.29, 1.82) is 0 Å². The van der Waals surface area contributed by atoms with Crippen molar-refractivity contribution in [1.82, 2.24) is 10.3 Å². The number of ether oxygens (including phenoxy) is 1. The molecular weight excluding hydrogens is 420 g/mol. The van der Waals surface area contributed by atoms with E-state index < -0.39 is 12.0 Å². The zero-order valence-electron chi connectivity index (χ0n) is 13.8. The largest absolute Gasteiger partial charge is 0.463 e. The minimum absolute atomic E-state index is 0.0911. The van der Waals surface area contributed by atoms with E-state index >= 15 is 0 Å². The summed E-state index contributed by atoms with van der Waals surface area (Å²) in [6, 6.07) is 3.56. The second-order valence-electron chi connectivity index (χ2n) is 5.33. The highest BCUT2D eigenvalue weighted by Crippen LogP contribution is 2.37. The molecule has 1 N–H and O–H groups in total. The lowest BCUT2D eigenvalue weighted by atomic mass is 9.90. The van der Waals surface area contributed by atoms with Gasteiger partial charge in [-0.2, -0.15) is 0 Å². The molecule has 1 aliphatic rings. The number of hydrogen-bond donors (Lipinski definition) is 1. The third-order valence-electron chi connectivity index (χ3n) is 3.72. The van der Waals surface area contributed by atoms with Crippen LogP contribution in [0.5, 0.6) is 0 Å². The molecule has 0 saturated heterocycles. The van der Waals surface area contributed by atoms with Crippen molar-refractivity contribution in [2.45, 2.75) is 19.3 Å². The molecule has 0 saturated carbocycles. The first kappa shape index (κ1) is 18.8. The molecule has 1 atom stereocenters. The van der Waals surface area contributed by atoms with Crippen LogP contribution in [0.2, 0.25) is 6.32 Å². The third kappa shape index (κ3) is 3.73. The highest BCUT2D eigenvalue weighted by molar-refractivity contribution is 9.10. The van der Waals surface area contributed by atoms with Crippen LogP contribution >= 0.6 is 27.3 Å². The first-order valence-electron chi connectivity index (χ1n) is 7.85. The van der Waals surface area contributed by atoms with Gasteiger partial charge in [-0.25, -0.2) is 14.2 Å². The first-order chi connectivity index (χ1) is 12.5. The molecule has 2 heterocycles. The van der Waals surface area contributed by atoms with Gasteiger partial charge in [-0.05, 0) is 30.9 Å². The van der Waals surface area contributed by atoms with Crippen molar-refractivity contribution in [2.24, 2.45) is 4.99 Å². The van der Waals surface area contributed by atoms with Gasteiger partial charge in [-0.15, -0.1) is 11.3 Å². The second kappa shape index (κ2) is 8.13. The number of halogens is 2. The van der Waals surface area contributed by atoms with Gasteiger partial charge in [0.1, 0.15) is 11.9 Å². The normalized spacial score (nSPS) is 16.9. The van der Waals surface area contributed by atoms with Gasteiger partial charge in [-0.3, -0.25) is 4.99 Å². The Kier molecular flexibility index (Phi) is 5.88. The van der Waals surface area contributed by atoms with Crippen molar-refractivity contribution < 1.29 is 13.9 Å². The third-order valence-corrected chi connectivity index (χ3v) is 5.18. The second-order valence-corrected chi connectivity index (χ2v) is 7.07. The number of aliphatic imine (C=N–C) groups is 1. The van der Waals surface area contributed by atoms with E-state index in [1.165, 1.54) is 23.5 Å². The summed E-state index contributed by atoms with van der Waals surface area (Å²) in [6.07, 6.45) is 1.76. The molecule has 0 aliphatic carbocycles. The molecule has 0 fully saturated rings. The van der Waals surface area contributed by atoms with Crippen molar-refractivity contribution >= 4 is 46.9 Å². The van der Waals surface area contributed by atoms with Crippen LogP contribution in [0.4, 0.5) is 4.39 Å². The van der Waals surface area contributed by atoms with Crippen LogP contribution in [0.25, 0.3) is 0 Å². The van der Waals surface area contributed by atoms with E-state index in [-0.39, 0.29) is 18.7 Å². The topological polar surface area (TPSA) is 63.6 Å². The van der Waals surface area contributed by atoms with Crippen LogP contribution in [0, 0.1) is 5.82 Å². The summed E-state index contributed by atoms with van der Waals surface area (Å²) in [4.78, 5) is 21.5. The predicted molar refractivity (Wildman–Crippen MR) is 103 cm³/mol. The Morgan fingerprint density at radius 3 is 2.92 bits per heavy atom. The minimum Gasteiger partial charge on any atom is -0.463 e. The first-order valence-corrected chi connectivity index (χ1v) is 9.52. The highest BCUT2D eigenvalue weighted by atomic mass is 79.9. The van der Waals surface area contributed by atoms with E-state index in [2.05, 4.69) is 31.2 Å². The van der Waals surface area contributed by atoms with Crippen LogP contribution in [0.3, 0.4) is 0 Å². The number of rotatable bonds is 5. The molecular formula is C17H14BBrFN3O2S. The number of aromatic nitrogens is 1. The Bertz CT molecular complexity index is 886. The Hall–Kier alpha value is -2.00. The van der Waals surface area contributed by atoms with Crippen molar-refractivity contribution in [2.75, 3.05) is 6.61 Å². The number of amidine groups is 1. The van der Waals surface area contributed by atoms with Crippen LogP contribution < -0.4 is 5.32 Å². The molecule has 2 radical (unpaired) electrons. The molecule has 2 aromatic rings. The quantitative estimate of drug-likeness (QED) is 0.578. The maximum absolute atomic E-state index is 13.5. The lowest BCUT2D eigenvalue weighted by molar-refractivity contribution is -0.138. The summed E-state index contributed by atoms with van der Waals surface area (Å²) in [7, 11) is 5.87. The average Bonchev–Trinajstić information content (AvgIpc) is 3.15. The molecule has 132 valence electrons. The molecule has 0 spiro atoms. The lowest BCUT2D eigenvalue weighted by Gasteiger charge is -2.27. The molecule has 0 unspecified atom stereocenters. The van der Waals surface area contributed by atoms with E-state index in [9.17, 15) is 9.18 Å². The molecule has 9 heteroatoms. The lowest BCUT2D eigenvalue weighted by Crippen LogP contribution is -2.33. The van der Waals surface area contributed by atoms with Crippen LogP contribution in [0.1, 0.15) is 23.5 Å². The van der Waals surface area contributed by atoms with Gasteiger partial charge in [0.05, 0.1) is 20.0 Å². The Balaban J connectivity index is 2.15. The molecule has 5 nitrogen and oxygen atoms in total. The Morgan fingerprint density at radius 2 is 2.31 bits per heavy atom. The van der Waals surface area contributed by atoms with Crippen molar-refractivity contribution in [3.63, 3.8) is 0 Å². The molecule has 3 rings (SSSR count). The summed E-state index contributed by atoms with van der Waals surface area (Å²) in [5, 5.41) is 5.58. The van der Waals surface area contributed by atoms with E-state index in [1.807, 2.05) is 5.38 Å². The summed E-state index contributed by atoms with van der Waals surface area (Å²) >= 11 is 4.77. The number of allylic oxidation sites excluding steroid dienone is 1. The zero-order valence-corrected chi connectivity index (χ0v) is 16.2. The fourth-order valence-electron chi connectivity index (χ4n) is 2.60. The summed E-state index contributed by atoms with van der Waals surface area (Å²) in [5.41, 5.74) is 1.45. The van der Waals surface area contributed by atoms with Gasteiger partial charge >= 0.3 is 5.97 Å². The summed E-state index contributed by atoms with van der Waals surface area (Å²) < 4.78 is 19.2. The maximum Gasteiger partial charge on any atom is 0.338 e. The standard InChI is InChI=1S/C17H14BBrFN3O2S/c1-2-25-17(24)13-12(8-18)22-15(16-21-5-6-26-16)23-14(13)10-4-3-9(20)7-11(10)19/h3-7,14H,2,8H2,1H3,(H,22,23)/t14-/m0/s1. The van der Waals surface area contributed by atoms with Gasteiger partial charge in [-0.1, -0.05) is 22.0 Å².